The van der Waals surface area contributed by atoms with E-state index in [0.29, 0.717) is 22.3 Å². The topological polar surface area (TPSA) is 9.23 Å². The Kier molecular flexibility index (Phi) is 6.52. The standard InChI is InChI=1S/C21H23F3OS/c22-20-13-15(2-1-14-3-10-18(26)11-4-14)5-12-19(20)16-6-8-17(9-7-16)25-21(23)24/h5-9,12-14,18,21,26H,1-4,10-11H2. The lowest BCUT2D eigenvalue weighted by atomic mass is 9.85. The van der Waals surface area contributed by atoms with Crippen LogP contribution in [0.3, 0.4) is 0 Å². The quantitative estimate of drug-likeness (QED) is 0.562. The fourth-order valence-electron chi connectivity index (χ4n) is 3.57. The molecule has 1 aliphatic rings. The van der Waals surface area contributed by atoms with Crippen LogP contribution in [0.5, 0.6) is 5.75 Å². The number of aryl methyl sites for hydroxylation is 1. The van der Waals surface area contributed by atoms with Gasteiger partial charge in [-0.3, -0.25) is 0 Å². The van der Waals surface area contributed by atoms with E-state index >= 15 is 0 Å². The van der Waals surface area contributed by atoms with E-state index in [2.05, 4.69) is 17.4 Å². The average Bonchev–Trinajstić information content (AvgIpc) is 2.62. The predicted molar refractivity (Wildman–Crippen MR) is 102 cm³/mol. The molecule has 0 heterocycles. The summed E-state index contributed by atoms with van der Waals surface area (Å²) in [5.74, 6) is 0.490. The maximum absolute atomic E-state index is 14.5. The molecule has 0 spiro atoms. The van der Waals surface area contributed by atoms with Crippen molar-refractivity contribution in [3.05, 3.63) is 53.8 Å². The molecule has 2 aromatic rings. The fraction of sp³-hybridized carbons (Fsp3) is 0.429. The lowest BCUT2D eigenvalue weighted by molar-refractivity contribution is -0.0498. The van der Waals surface area contributed by atoms with Crippen LogP contribution in [0.15, 0.2) is 42.5 Å². The number of halogens is 3. The molecular formula is C21H23F3OS. The molecule has 0 radical (unpaired) electrons. The van der Waals surface area contributed by atoms with Gasteiger partial charge in [0, 0.05) is 10.8 Å². The van der Waals surface area contributed by atoms with Gasteiger partial charge in [-0.1, -0.05) is 24.3 Å². The van der Waals surface area contributed by atoms with Crippen molar-refractivity contribution in [1.82, 2.24) is 0 Å². The van der Waals surface area contributed by atoms with Gasteiger partial charge in [-0.25, -0.2) is 4.39 Å². The third kappa shape index (κ3) is 5.19. The molecule has 1 fully saturated rings. The number of rotatable bonds is 6. The van der Waals surface area contributed by atoms with Crippen molar-refractivity contribution in [2.75, 3.05) is 0 Å². The van der Waals surface area contributed by atoms with E-state index in [4.69, 9.17) is 0 Å². The summed E-state index contributed by atoms with van der Waals surface area (Å²) < 4.78 is 43.2. The molecule has 0 unspecified atom stereocenters. The van der Waals surface area contributed by atoms with Crippen molar-refractivity contribution in [1.29, 1.82) is 0 Å². The van der Waals surface area contributed by atoms with Crippen molar-refractivity contribution in [3.63, 3.8) is 0 Å². The average molecular weight is 380 g/mol. The summed E-state index contributed by atoms with van der Waals surface area (Å²) in [7, 11) is 0. The van der Waals surface area contributed by atoms with Crippen LogP contribution in [-0.2, 0) is 6.42 Å². The van der Waals surface area contributed by atoms with E-state index in [1.165, 1.54) is 37.8 Å². The summed E-state index contributed by atoms with van der Waals surface area (Å²) in [6.45, 7) is -2.86. The third-order valence-electron chi connectivity index (χ3n) is 5.08. The van der Waals surface area contributed by atoms with Crippen LogP contribution in [0, 0.1) is 11.7 Å². The van der Waals surface area contributed by atoms with Crippen LogP contribution in [0.4, 0.5) is 13.2 Å². The second kappa shape index (κ2) is 8.85. The highest BCUT2D eigenvalue weighted by atomic mass is 32.1. The highest BCUT2D eigenvalue weighted by molar-refractivity contribution is 7.80. The van der Waals surface area contributed by atoms with Crippen molar-refractivity contribution in [3.8, 4) is 16.9 Å². The summed E-state index contributed by atoms with van der Waals surface area (Å²) >= 11 is 4.53. The lowest BCUT2D eigenvalue weighted by Gasteiger charge is -2.25. The number of thiol groups is 1. The maximum atomic E-state index is 14.5. The van der Waals surface area contributed by atoms with Gasteiger partial charge in [0.15, 0.2) is 0 Å². The zero-order valence-electron chi connectivity index (χ0n) is 14.5. The SMILES string of the molecule is Fc1cc(CCC2CCC(S)CC2)ccc1-c1ccc(OC(F)F)cc1. The summed E-state index contributed by atoms with van der Waals surface area (Å²) in [5, 5.41) is 0.542. The predicted octanol–water partition coefficient (Wildman–Crippen LogP) is 6.52. The van der Waals surface area contributed by atoms with E-state index in [-0.39, 0.29) is 11.6 Å². The molecule has 0 N–H and O–H groups in total. The number of hydrogen-bond donors (Lipinski definition) is 1. The molecule has 1 aliphatic carbocycles. The second-order valence-corrected chi connectivity index (χ2v) is 7.66. The van der Waals surface area contributed by atoms with Crippen LogP contribution < -0.4 is 4.74 Å². The normalized spacial score (nSPS) is 20.3. The molecule has 1 nitrogen and oxygen atoms in total. The molecule has 5 heteroatoms. The van der Waals surface area contributed by atoms with Gasteiger partial charge in [0.05, 0.1) is 0 Å². The Hall–Kier alpha value is -1.62. The third-order valence-corrected chi connectivity index (χ3v) is 5.60. The summed E-state index contributed by atoms with van der Waals surface area (Å²) in [6.07, 6.45) is 6.72. The molecule has 2 aromatic carbocycles. The maximum Gasteiger partial charge on any atom is 0.387 e. The molecule has 0 aromatic heterocycles. The van der Waals surface area contributed by atoms with Gasteiger partial charge in [0.25, 0.3) is 0 Å². The van der Waals surface area contributed by atoms with Gasteiger partial charge in [-0.05, 0) is 73.8 Å². The van der Waals surface area contributed by atoms with Gasteiger partial charge < -0.3 is 4.74 Å². The van der Waals surface area contributed by atoms with E-state index in [1.54, 1.807) is 24.3 Å². The number of ether oxygens (including phenoxy) is 1. The minimum Gasteiger partial charge on any atom is -0.435 e. The van der Waals surface area contributed by atoms with Crippen LogP contribution >= 0.6 is 12.6 Å². The first kappa shape index (κ1) is 19.2. The van der Waals surface area contributed by atoms with E-state index in [9.17, 15) is 13.2 Å². The Bertz CT molecular complexity index is 710. The van der Waals surface area contributed by atoms with Crippen molar-refractivity contribution < 1.29 is 17.9 Å². The van der Waals surface area contributed by atoms with Crippen molar-refractivity contribution in [2.45, 2.75) is 50.4 Å². The Morgan fingerprint density at radius 1 is 1.00 bits per heavy atom. The van der Waals surface area contributed by atoms with Gasteiger partial charge in [0.1, 0.15) is 11.6 Å². The molecule has 140 valence electrons. The molecule has 0 aliphatic heterocycles. The van der Waals surface area contributed by atoms with Gasteiger partial charge in [0.2, 0.25) is 0 Å². The molecule has 26 heavy (non-hydrogen) atoms. The highest BCUT2D eigenvalue weighted by Crippen LogP contribution is 2.31. The van der Waals surface area contributed by atoms with Gasteiger partial charge in [-0.2, -0.15) is 21.4 Å². The van der Waals surface area contributed by atoms with Crippen LogP contribution in [0.1, 0.15) is 37.7 Å². The van der Waals surface area contributed by atoms with Crippen LogP contribution in [0.25, 0.3) is 11.1 Å². The zero-order valence-corrected chi connectivity index (χ0v) is 15.4. The minimum atomic E-state index is -2.86. The largest absolute Gasteiger partial charge is 0.435 e. The number of alkyl halides is 2. The Labute approximate surface area is 158 Å². The smallest absolute Gasteiger partial charge is 0.387 e. The molecule has 0 bridgehead atoms. The fourth-order valence-corrected chi connectivity index (χ4v) is 3.87. The molecule has 0 amide bonds. The van der Waals surface area contributed by atoms with Crippen molar-refractivity contribution in [2.24, 2.45) is 5.92 Å². The zero-order chi connectivity index (χ0) is 18.5. The first-order valence-corrected chi connectivity index (χ1v) is 9.54. The Balaban J connectivity index is 1.62. The lowest BCUT2D eigenvalue weighted by Crippen LogP contribution is -2.14. The first-order valence-electron chi connectivity index (χ1n) is 9.03. The number of hydrogen-bond acceptors (Lipinski definition) is 2. The highest BCUT2D eigenvalue weighted by Gasteiger charge is 2.18. The number of benzene rings is 2. The van der Waals surface area contributed by atoms with Crippen molar-refractivity contribution >= 4 is 12.6 Å². The van der Waals surface area contributed by atoms with Crippen LogP contribution in [-0.4, -0.2) is 11.9 Å². The molecule has 1 saturated carbocycles. The van der Waals surface area contributed by atoms with Gasteiger partial charge in [-0.15, -0.1) is 0 Å². The second-order valence-electron chi connectivity index (χ2n) is 6.93. The van der Waals surface area contributed by atoms with E-state index < -0.39 is 6.61 Å². The molecule has 0 atom stereocenters. The molecule has 0 saturated heterocycles. The van der Waals surface area contributed by atoms with Gasteiger partial charge >= 0.3 is 6.61 Å². The summed E-state index contributed by atoms with van der Waals surface area (Å²) in [4.78, 5) is 0. The summed E-state index contributed by atoms with van der Waals surface area (Å²) in [5.41, 5.74) is 2.10. The first-order chi connectivity index (χ1) is 12.5. The molecule has 3 rings (SSSR count). The summed E-state index contributed by atoms with van der Waals surface area (Å²) in [6, 6.07) is 11.3. The van der Waals surface area contributed by atoms with Crippen LogP contribution in [0.2, 0.25) is 0 Å². The molecular weight excluding hydrogens is 357 g/mol. The van der Waals surface area contributed by atoms with E-state index in [0.717, 1.165) is 18.4 Å². The Morgan fingerprint density at radius 2 is 1.69 bits per heavy atom. The monoisotopic (exact) mass is 380 g/mol. The minimum absolute atomic E-state index is 0.0664. The van der Waals surface area contributed by atoms with E-state index in [1.807, 2.05) is 6.07 Å². The Morgan fingerprint density at radius 3 is 2.31 bits per heavy atom.